The van der Waals surface area contributed by atoms with E-state index >= 15 is 0 Å². The van der Waals surface area contributed by atoms with Crippen molar-refractivity contribution in [2.75, 3.05) is 23.1 Å². The summed E-state index contributed by atoms with van der Waals surface area (Å²) in [5.74, 6) is -0.406. The quantitative estimate of drug-likeness (QED) is 0.308. The number of hydrogen-bond donors (Lipinski definition) is 2. The van der Waals surface area contributed by atoms with Gasteiger partial charge in [0.1, 0.15) is 11.6 Å². The third kappa shape index (κ3) is 5.21. The van der Waals surface area contributed by atoms with E-state index in [0.29, 0.717) is 62.7 Å². The minimum absolute atomic E-state index is 0.0609. The molecule has 14 heteroatoms. The van der Waals surface area contributed by atoms with Gasteiger partial charge in [0.2, 0.25) is 11.0 Å². The van der Waals surface area contributed by atoms with Crippen LogP contribution in [0.3, 0.4) is 0 Å². The summed E-state index contributed by atoms with van der Waals surface area (Å²) < 4.78 is 10.2. The Balaban J connectivity index is 1.43. The molecule has 3 N–H and O–H groups in total. The standard InChI is InChI=1S/C26H23N7O5S2/c1-13-10-19(32-38-13)29-20(35)12-39-26-31-30-25(40-26)33-17-4-3-5-18(34)22(17)21(16(11-27)23(33)28)14-6-8-15(9-7-14)24(36)37-2/h6-10,21H,3-5,12,28H2,1-2H3,(H,29,32,35). The number of benzene rings is 1. The first-order valence-corrected chi connectivity index (χ1v) is 13.9. The average Bonchev–Trinajstić information content (AvgIpc) is 3.59. The zero-order chi connectivity index (χ0) is 28.4. The number of hydrogen-bond acceptors (Lipinski definition) is 13. The Bertz CT molecular complexity index is 1600. The van der Waals surface area contributed by atoms with Crippen molar-refractivity contribution in [2.45, 2.75) is 36.4 Å². The van der Waals surface area contributed by atoms with Gasteiger partial charge in [0.25, 0.3) is 0 Å². The number of amides is 1. The van der Waals surface area contributed by atoms with E-state index < -0.39 is 11.9 Å². The van der Waals surface area contributed by atoms with Crippen molar-refractivity contribution in [1.82, 2.24) is 15.4 Å². The molecule has 0 saturated heterocycles. The normalized spacial score (nSPS) is 17.0. The highest BCUT2D eigenvalue weighted by atomic mass is 32.2. The van der Waals surface area contributed by atoms with Gasteiger partial charge in [0.15, 0.2) is 15.9 Å². The van der Waals surface area contributed by atoms with Gasteiger partial charge >= 0.3 is 5.97 Å². The monoisotopic (exact) mass is 577 g/mol. The van der Waals surface area contributed by atoms with Crippen LogP contribution in [-0.2, 0) is 14.3 Å². The Kier molecular flexibility index (Phi) is 7.67. The van der Waals surface area contributed by atoms with Crippen molar-refractivity contribution < 1.29 is 23.6 Å². The van der Waals surface area contributed by atoms with Crippen molar-refractivity contribution in [3.8, 4) is 6.07 Å². The Morgan fingerprint density at radius 1 is 1.30 bits per heavy atom. The molecule has 5 rings (SSSR count). The third-order valence-corrected chi connectivity index (χ3v) is 8.43. The number of esters is 1. The molecule has 1 aliphatic heterocycles. The topological polar surface area (TPSA) is 177 Å². The molecule has 0 saturated carbocycles. The van der Waals surface area contributed by atoms with Crippen molar-refractivity contribution >= 4 is 51.7 Å². The molecule has 12 nitrogen and oxygen atoms in total. The SMILES string of the molecule is COC(=O)c1ccc(C2C(C#N)=C(N)N(c3nnc(SCC(=O)Nc4cc(C)on4)s3)C3=C2C(=O)CCC3)cc1. The number of anilines is 2. The lowest BCUT2D eigenvalue weighted by atomic mass is 9.75. The van der Waals surface area contributed by atoms with Crippen LogP contribution in [0, 0.1) is 18.3 Å². The smallest absolute Gasteiger partial charge is 0.337 e. The number of methoxy groups -OCH3 is 1. The predicted molar refractivity (Wildman–Crippen MR) is 146 cm³/mol. The molecule has 1 amide bonds. The first kappa shape index (κ1) is 27.1. The Hall–Kier alpha value is -4.48. The summed E-state index contributed by atoms with van der Waals surface area (Å²) >= 11 is 2.39. The Labute approximate surface area is 236 Å². The van der Waals surface area contributed by atoms with Gasteiger partial charge in [-0.15, -0.1) is 10.2 Å². The molecule has 1 aliphatic carbocycles. The summed E-state index contributed by atoms with van der Waals surface area (Å²) in [7, 11) is 1.30. The number of rotatable bonds is 7. The molecule has 40 heavy (non-hydrogen) atoms. The molecule has 3 heterocycles. The average molecular weight is 578 g/mol. The second kappa shape index (κ2) is 11.3. The number of aromatic nitrogens is 3. The summed E-state index contributed by atoms with van der Waals surface area (Å²) in [6.07, 6.45) is 1.53. The predicted octanol–water partition coefficient (Wildman–Crippen LogP) is 3.66. The minimum atomic E-state index is -0.679. The van der Waals surface area contributed by atoms with E-state index in [-0.39, 0.29) is 28.8 Å². The molecule has 0 spiro atoms. The second-order valence-corrected chi connectivity index (χ2v) is 11.1. The van der Waals surface area contributed by atoms with Crippen LogP contribution in [0.15, 0.2) is 61.9 Å². The van der Waals surface area contributed by atoms with Gasteiger partial charge < -0.3 is 20.3 Å². The maximum atomic E-state index is 13.3. The highest BCUT2D eigenvalue weighted by Crippen LogP contribution is 2.47. The number of allylic oxidation sites excluding steroid dienone is 3. The molecule has 1 atom stereocenters. The van der Waals surface area contributed by atoms with E-state index in [1.807, 2.05) is 0 Å². The maximum Gasteiger partial charge on any atom is 0.337 e. The summed E-state index contributed by atoms with van der Waals surface area (Å²) in [6, 6.07) is 10.4. The van der Waals surface area contributed by atoms with Gasteiger partial charge in [0.05, 0.1) is 36.0 Å². The number of thioether (sulfide) groups is 1. The number of nitrogens with one attached hydrogen (secondary N) is 1. The van der Waals surface area contributed by atoms with Crippen LogP contribution < -0.4 is 16.0 Å². The molecular weight excluding hydrogens is 554 g/mol. The molecule has 0 bridgehead atoms. The number of ether oxygens (including phenoxy) is 1. The Morgan fingerprint density at radius 2 is 2.08 bits per heavy atom. The zero-order valence-electron chi connectivity index (χ0n) is 21.5. The van der Waals surface area contributed by atoms with Gasteiger partial charge in [-0.1, -0.05) is 40.4 Å². The molecule has 3 aromatic rings. The van der Waals surface area contributed by atoms with Crippen LogP contribution in [0.1, 0.15) is 46.9 Å². The fourth-order valence-electron chi connectivity index (χ4n) is 4.65. The number of nitriles is 1. The first-order valence-electron chi connectivity index (χ1n) is 12.1. The largest absolute Gasteiger partial charge is 0.465 e. The van der Waals surface area contributed by atoms with Crippen molar-refractivity contribution in [1.29, 1.82) is 5.26 Å². The zero-order valence-corrected chi connectivity index (χ0v) is 23.1. The number of nitrogens with two attached hydrogens (primary N) is 1. The van der Waals surface area contributed by atoms with Crippen molar-refractivity contribution in [3.63, 3.8) is 0 Å². The van der Waals surface area contributed by atoms with Gasteiger partial charge in [-0.05, 0) is 37.5 Å². The summed E-state index contributed by atoms with van der Waals surface area (Å²) in [5, 5.41) is 25.4. The van der Waals surface area contributed by atoms with Gasteiger partial charge in [-0.2, -0.15) is 5.26 Å². The van der Waals surface area contributed by atoms with E-state index in [4.69, 9.17) is 15.0 Å². The second-order valence-electron chi connectivity index (χ2n) is 8.94. The van der Waals surface area contributed by atoms with Crippen LogP contribution in [0.2, 0.25) is 0 Å². The molecule has 204 valence electrons. The van der Waals surface area contributed by atoms with Crippen LogP contribution in [-0.4, -0.2) is 45.9 Å². The number of carbonyl (C=O) groups excluding carboxylic acids is 3. The number of carbonyl (C=O) groups is 3. The van der Waals surface area contributed by atoms with Crippen LogP contribution in [0.4, 0.5) is 10.9 Å². The van der Waals surface area contributed by atoms with E-state index in [1.54, 1.807) is 42.2 Å². The number of Topliss-reactive ketones (excluding diaryl/α,β-unsaturated/α-hetero) is 1. The molecule has 2 aromatic heterocycles. The maximum absolute atomic E-state index is 13.3. The van der Waals surface area contributed by atoms with Crippen molar-refractivity contribution in [3.05, 3.63) is 69.9 Å². The molecule has 1 aromatic carbocycles. The van der Waals surface area contributed by atoms with E-state index in [1.165, 1.54) is 30.2 Å². The lowest BCUT2D eigenvalue weighted by Crippen LogP contribution is -2.38. The van der Waals surface area contributed by atoms with Crippen molar-refractivity contribution in [2.24, 2.45) is 5.73 Å². The van der Waals surface area contributed by atoms with Gasteiger partial charge in [-0.3, -0.25) is 14.5 Å². The number of nitrogens with zero attached hydrogens (tertiary/aromatic N) is 5. The summed E-state index contributed by atoms with van der Waals surface area (Å²) in [5.41, 5.74) is 8.95. The van der Waals surface area contributed by atoms with E-state index in [9.17, 15) is 19.6 Å². The highest BCUT2D eigenvalue weighted by molar-refractivity contribution is 8.01. The first-order chi connectivity index (χ1) is 19.3. The molecular formula is C26H23N7O5S2. The van der Waals surface area contributed by atoms with Crippen LogP contribution in [0.25, 0.3) is 0 Å². The molecule has 2 aliphatic rings. The van der Waals surface area contributed by atoms with E-state index in [0.717, 1.165) is 0 Å². The van der Waals surface area contributed by atoms with Crippen LogP contribution in [0.5, 0.6) is 0 Å². The fourth-order valence-corrected chi connectivity index (χ4v) is 6.33. The third-order valence-electron chi connectivity index (χ3n) is 6.39. The highest BCUT2D eigenvalue weighted by Gasteiger charge is 2.41. The number of ketones is 1. The molecule has 0 fully saturated rings. The lowest BCUT2D eigenvalue weighted by Gasteiger charge is -2.38. The molecule has 0 radical (unpaired) electrons. The Morgan fingerprint density at radius 3 is 2.75 bits per heavy atom. The van der Waals surface area contributed by atoms with Gasteiger partial charge in [-0.25, -0.2) is 4.79 Å². The number of aryl methyl sites for hydroxylation is 1. The van der Waals surface area contributed by atoms with Crippen LogP contribution >= 0.6 is 23.1 Å². The van der Waals surface area contributed by atoms with E-state index in [2.05, 4.69) is 26.7 Å². The van der Waals surface area contributed by atoms with Gasteiger partial charge in [0, 0.05) is 23.8 Å². The lowest BCUT2D eigenvalue weighted by molar-refractivity contribution is -0.116. The molecule has 1 unspecified atom stereocenters. The summed E-state index contributed by atoms with van der Waals surface area (Å²) in [4.78, 5) is 39.1. The minimum Gasteiger partial charge on any atom is -0.465 e. The fraction of sp³-hybridized carbons (Fsp3) is 0.269. The summed E-state index contributed by atoms with van der Waals surface area (Å²) in [6.45, 7) is 1.72.